The Morgan fingerprint density at radius 3 is 2.35 bits per heavy atom. The van der Waals surface area contributed by atoms with Crippen molar-refractivity contribution >= 4 is 28.3 Å². The maximum Gasteiger partial charge on any atom is 0.417 e. The molecule has 0 bridgehead atoms. The van der Waals surface area contributed by atoms with E-state index in [1.54, 1.807) is 0 Å². The Bertz CT molecular complexity index is 829. The number of anilines is 1. The van der Waals surface area contributed by atoms with E-state index < -0.39 is 23.6 Å². The molecular formula is C16H15F3N4O2S. The van der Waals surface area contributed by atoms with Crippen molar-refractivity contribution in [3.05, 3.63) is 46.5 Å². The zero-order valence-corrected chi connectivity index (χ0v) is 14.3. The van der Waals surface area contributed by atoms with Crippen LogP contribution in [0.3, 0.4) is 0 Å². The van der Waals surface area contributed by atoms with Gasteiger partial charge in [0.2, 0.25) is 0 Å². The first-order valence-electron chi connectivity index (χ1n) is 7.73. The number of primary amides is 1. The summed E-state index contributed by atoms with van der Waals surface area (Å²) in [5.74, 6) is -1.21. The molecule has 1 aliphatic heterocycles. The van der Waals surface area contributed by atoms with Crippen LogP contribution in [0.25, 0.3) is 0 Å². The first-order valence-corrected chi connectivity index (χ1v) is 8.55. The summed E-state index contributed by atoms with van der Waals surface area (Å²) in [6.07, 6.45) is -3.19. The minimum Gasteiger partial charge on any atom is -0.365 e. The highest BCUT2D eigenvalue weighted by atomic mass is 32.1. The van der Waals surface area contributed by atoms with Gasteiger partial charge in [0.1, 0.15) is 4.88 Å². The van der Waals surface area contributed by atoms with Crippen LogP contribution in [0.2, 0.25) is 0 Å². The van der Waals surface area contributed by atoms with Gasteiger partial charge in [-0.3, -0.25) is 9.59 Å². The van der Waals surface area contributed by atoms with E-state index >= 15 is 0 Å². The molecule has 0 spiro atoms. The standard InChI is InChI=1S/C16H15F3N4O2S/c17-16(18,19)11-4-2-1-3-10(11)14(25)22-5-7-23(8-6-22)15-21-9-12(26-15)13(20)24/h1-4,9H,5-8H2,(H2,20,24). The molecule has 1 saturated heterocycles. The first kappa shape index (κ1) is 18.2. The average Bonchev–Trinajstić information content (AvgIpc) is 3.11. The second-order valence-electron chi connectivity index (χ2n) is 5.69. The molecule has 6 nitrogen and oxygen atoms in total. The van der Waals surface area contributed by atoms with Gasteiger partial charge < -0.3 is 15.5 Å². The van der Waals surface area contributed by atoms with Gasteiger partial charge in [0.05, 0.1) is 17.3 Å². The van der Waals surface area contributed by atoms with E-state index in [0.29, 0.717) is 23.1 Å². The molecule has 0 aliphatic carbocycles. The van der Waals surface area contributed by atoms with Crippen LogP contribution >= 0.6 is 11.3 Å². The van der Waals surface area contributed by atoms with Gasteiger partial charge in [-0.15, -0.1) is 0 Å². The number of hydrogen-bond donors (Lipinski definition) is 1. The average molecular weight is 384 g/mol. The van der Waals surface area contributed by atoms with Crippen LogP contribution in [-0.4, -0.2) is 47.9 Å². The number of alkyl halides is 3. The Morgan fingerprint density at radius 2 is 1.77 bits per heavy atom. The molecule has 0 atom stereocenters. The summed E-state index contributed by atoms with van der Waals surface area (Å²) in [5.41, 5.74) is 3.92. The minimum absolute atomic E-state index is 0.260. The van der Waals surface area contributed by atoms with Crippen LogP contribution < -0.4 is 10.6 Å². The van der Waals surface area contributed by atoms with Gasteiger partial charge in [-0.2, -0.15) is 13.2 Å². The Hall–Kier alpha value is -2.62. The van der Waals surface area contributed by atoms with Crippen molar-refractivity contribution < 1.29 is 22.8 Å². The third-order valence-corrected chi connectivity index (χ3v) is 5.11. The van der Waals surface area contributed by atoms with Crippen molar-refractivity contribution in [2.45, 2.75) is 6.18 Å². The van der Waals surface area contributed by atoms with Gasteiger partial charge in [0.15, 0.2) is 5.13 Å². The number of aromatic nitrogens is 1. The van der Waals surface area contributed by atoms with Gasteiger partial charge in [-0.05, 0) is 12.1 Å². The number of halogens is 3. The fraction of sp³-hybridized carbons (Fsp3) is 0.312. The molecule has 3 rings (SSSR count). The number of nitrogens with two attached hydrogens (primary N) is 1. The molecule has 0 unspecified atom stereocenters. The molecule has 2 amide bonds. The van der Waals surface area contributed by atoms with Crippen LogP contribution in [0.5, 0.6) is 0 Å². The van der Waals surface area contributed by atoms with Crippen LogP contribution in [0.15, 0.2) is 30.5 Å². The van der Waals surface area contributed by atoms with Crippen molar-refractivity contribution in [3.8, 4) is 0 Å². The largest absolute Gasteiger partial charge is 0.417 e. The summed E-state index contributed by atoms with van der Waals surface area (Å²) in [5, 5.41) is 0.599. The number of benzene rings is 1. The van der Waals surface area contributed by atoms with Gasteiger partial charge >= 0.3 is 6.18 Å². The Kier molecular flexibility index (Phi) is 4.86. The van der Waals surface area contributed by atoms with Crippen LogP contribution in [0.4, 0.5) is 18.3 Å². The molecule has 138 valence electrons. The molecule has 1 aromatic heterocycles. The molecule has 2 heterocycles. The second kappa shape index (κ2) is 6.94. The van der Waals surface area contributed by atoms with Gasteiger partial charge in [-0.1, -0.05) is 23.5 Å². The summed E-state index contributed by atoms with van der Waals surface area (Å²) in [4.78, 5) is 31.4. The predicted molar refractivity (Wildman–Crippen MR) is 90.2 cm³/mol. The van der Waals surface area contributed by atoms with Crippen LogP contribution in [0, 0.1) is 0 Å². The van der Waals surface area contributed by atoms with E-state index in [1.807, 2.05) is 4.90 Å². The Balaban J connectivity index is 1.70. The van der Waals surface area contributed by atoms with Crippen LogP contribution in [0.1, 0.15) is 25.6 Å². The van der Waals surface area contributed by atoms with Crippen molar-refractivity contribution in [3.63, 3.8) is 0 Å². The zero-order valence-electron chi connectivity index (χ0n) is 13.5. The highest BCUT2D eigenvalue weighted by Crippen LogP contribution is 2.32. The fourth-order valence-corrected chi connectivity index (χ4v) is 3.53. The van der Waals surface area contributed by atoms with Gasteiger partial charge in [0, 0.05) is 26.2 Å². The fourth-order valence-electron chi connectivity index (χ4n) is 2.71. The monoisotopic (exact) mass is 384 g/mol. The van der Waals surface area contributed by atoms with Crippen molar-refractivity contribution in [1.82, 2.24) is 9.88 Å². The summed E-state index contributed by atoms with van der Waals surface area (Å²) >= 11 is 1.15. The molecule has 2 N–H and O–H groups in total. The molecule has 1 aromatic carbocycles. The highest BCUT2D eigenvalue weighted by molar-refractivity contribution is 7.17. The van der Waals surface area contributed by atoms with E-state index in [-0.39, 0.29) is 18.7 Å². The number of rotatable bonds is 3. The molecule has 1 fully saturated rings. The summed E-state index contributed by atoms with van der Waals surface area (Å²) < 4.78 is 39.3. The lowest BCUT2D eigenvalue weighted by molar-refractivity contribution is -0.138. The molecule has 26 heavy (non-hydrogen) atoms. The normalized spacial score (nSPS) is 15.2. The topological polar surface area (TPSA) is 79.5 Å². The summed E-state index contributed by atoms with van der Waals surface area (Å²) in [6.45, 7) is 1.34. The number of amides is 2. The minimum atomic E-state index is -4.58. The van der Waals surface area contributed by atoms with Crippen LogP contribution in [-0.2, 0) is 6.18 Å². The number of piperazine rings is 1. The number of nitrogens with zero attached hydrogens (tertiary/aromatic N) is 3. The number of thiazole rings is 1. The SMILES string of the molecule is NC(=O)c1cnc(N2CCN(C(=O)c3ccccc3C(F)(F)F)CC2)s1. The van der Waals surface area contributed by atoms with Crippen molar-refractivity contribution in [1.29, 1.82) is 0 Å². The summed E-state index contributed by atoms with van der Waals surface area (Å²) in [7, 11) is 0. The maximum absolute atomic E-state index is 13.1. The maximum atomic E-state index is 13.1. The van der Waals surface area contributed by atoms with E-state index in [1.165, 1.54) is 29.3 Å². The number of carbonyl (C=O) groups is 2. The van der Waals surface area contributed by atoms with E-state index in [0.717, 1.165) is 17.4 Å². The molecule has 0 radical (unpaired) electrons. The molecule has 1 aliphatic rings. The highest BCUT2D eigenvalue weighted by Gasteiger charge is 2.36. The summed E-state index contributed by atoms with van der Waals surface area (Å²) in [6, 6.07) is 4.78. The van der Waals surface area contributed by atoms with E-state index in [2.05, 4.69) is 4.98 Å². The van der Waals surface area contributed by atoms with Crippen molar-refractivity contribution in [2.24, 2.45) is 5.73 Å². The Labute approximate surface area is 151 Å². The number of hydrogen-bond acceptors (Lipinski definition) is 5. The Morgan fingerprint density at radius 1 is 1.12 bits per heavy atom. The molecule has 0 saturated carbocycles. The third kappa shape index (κ3) is 3.64. The van der Waals surface area contributed by atoms with Gasteiger partial charge in [0.25, 0.3) is 11.8 Å². The van der Waals surface area contributed by atoms with Gasteiger partial charge in [-0.25, -0.2) is 4.98 Å². The smallest absolute Gasteiger partial charge is 0.365 e. The predicted octanol–water partition coefficient (Wildman–Crippen LogP) is 2.22. The third-order valence-electron chi connectivity index (χ3n) is 4.04. The molecule has 2 aromatic rings. The lowest BCUT2D eigenvalue weighted by atomic mass is 10.1. The lowest BCUT2D eigenvalue weighted by Gasteiger charge is -2.35. The first-order chi connectivity index (χ1) is 12.3. The quantitative estimate of drug-likeness (QED) is 0.880. The zero-order chi connectivity index (χ0) is 18.9. The molecule has 10 heteroatoms. The lowest BCUT2D eigenvalue weighted by Crippen LogP contribution is -2.49. The molecular weight excluding hydrogens is 369 g/mol. The van der Waals surface area contributed by atoms with Crippen molar-refractivity contribution in [2.75, 3.05) is 31.1 Å². The second-order valence-corrected chi connectivity index (χ2v) is 6.70. The number of carbonyl (C=O) groups excluding carboxylic acids is 2. The van der Waals surface area contributed by atoms with E-state index in [4.69, 9.17) is 5.73 Å². The van der Waals surface area contributed by atoms with E-state index in [9.17, 15) is 22.8 Å².